The SMILES string of the molecule is COC1(C(=O)N2CCNC(=O)C2)CCN(C(=O)C2CC2)CC1. The highest BCUT2D eigenvalue weighted by Gasteiger charge is 2.46. The van der Waals surface area contributed by atoms with Crippen LogP contribution >= 0.6 is 0 Å². The summed E-state index contributed by atoms with van der Waals surface area (Å²) >= 11 is 0. The Morgan fingerprint density at radius 2 is 1.86 bits per heavy atom. The molecule has 3 aliphatic rings. The molecule has 1 aliphatic carbocycles. The number of piperazine rings is 1. The molecule has 2 aliphatic heterocycles. The molecule has 0 atom stereocenters. The number of amides is 3. The monoisotopic (exact) mass is 309 g/mol. The van der Waals surface area contributed by atoms with Crippen molar-refractivity contribution in [3.8, 4) is 0 Å². The smallest absolute Gasteiger partial charge is 0.255 e. The average Bonchev–Trinajstić information content (AvgIpc) is 3.38. The molecule has 0 radical (unpaired) electrons. The zero-order chi connectivity index (χ0) is 15.7. The van der Waals surface area contributed by atoms with Crippen LogP contribution in [0.2, 0.25) is 0 Å². The summed E-state index contributed by atoms with van der Waals surface area (Å²) in [6.07, 6.45) is 2.98. The fraction of sp³-hybridized carbons (Fsp3) is 0.800. The summed E-state index contributed by atoms with van der Waals surface area (Å²) in [5, 5.41) is 2.72. The van der Waals surface area contributed by atoms with Crippen LogP contribution in [-0.2, 0) is 19.1 Å². The molecular formula is C15H23N3O4. The van der Waals surface area contributed by atoms with Crippen LogP contribution in [0.25, 0.3) is 0 Å². The maximum Gasteiger partial charge on any atom is 0.255 e. The lowest BCUT2D eigenvalue weighted by Gasteiger charge is -2.42. The van der Waals surface area contributed by atoms with Crippen LogP contribution < -0.4 is 5.32 Å². The largest absolute Gasteiger partial charge is 0.368 e. The van der Waals surface area contributed by atoms with Crippen LogP contribution in [0.15, 0.2) is 0 Å². The van der Waals surface area contributed by atoms with Gasteiger partial charge in [0.25, 0.3) is 5.91 Å². The predicted octanol–water partition coefficient (Wildman–Crippen LogP) is -0.638. The van der Waals surface area contributed by atoms with Crippen molar-refractivity contribution in [3.05, 3.63) is 0 Å². The molecule has 1 N–H and O–H groups in total. The highest BCUT2D eigenvalue weighted by Crippen LogP contribution is 2.34. The number of ether oxygens (including phenoxy) is 1. The zero-order valence-corrected chi connectivity index (χ0v) is 13.0. The van der Waals surface area contributed by atoms with Crippen LogP contribution in [-0.4, -0.2) is 73.0 Å². The fourth-order valence-corrected chi connectivity index (χ4v) is 3.28. The third-order valence-electron chi connectivity index (χ3n) is 4.92. The van der Waals surface area contributed by atoms with E-state index < -0.39 is 5.60 Å². The van der Waals surface area contributed by atoms with Gasteiger partial charge in [-0.05, 0) is 12.8 Å². The highest BCUT2D eigenvalue weighted by atomic mass is 16.5. The van der Waals surface area contributed by atoms with Crippen LogP contribution in [0.5, 0.6) is 0 Å². The minimum Gasteiger partial charge on any atom is -0.368 e. The van der Waals surface area contributed by atoms with E-state index in [1.807, 2.05) is 4.90 Å². The van der Waals surface area contributed by atoms with Gasteiger partial charge in [-0.15, -0.1) is 0 Å². The van der Waals surface area contributed by atoms with Gasteiger partial charge in [-0.1, -0.05) is 0 Å². The van der Waals surface area contributed by atoms with Crippen LogP contribution in [0, 0.1) is 5.92 Å². The van der Waals surface area contributed by atoms with Crippen molar-refractivity contribution in [2.24, 2.45) is 5.92 Å². The average molecular weight is 309 g/mol. The number of carbonyl (C=O) groups is 3. The Morgan fingerprint density at radius 1 is 1.18 bits per heavy atom. The van der Waals surface area contributed by atoms with Crippen molar-refractivity contribution in [2.45, 2.75) is 31.3 Å². The van der Waals surface area contributed by atoms with E-state index in [4.69, 9.17) is 4.74 Å². The number of hydrogen-bond donors (Lipinski definition) is 1. The van der Waals surface area contributed by atoms with Crippen molar-refractivity contribution in [2.75, 3.05) is 39.8 Å². The summed E-state index contributed by atoms with van der Waals surface area (Å²) < 4.78 is 5.57. The summed E-state index contributed by atoms with van der Waals surface area (Å²) in [6, 6.07) is 0. The first kappa shape index (κ1) is 15.3. The van der Waals surface area contributed by atoms with E-state index in [1.165, 1.54) is 0 Å². The number of nitrogens with one attached hydrogen (secondary N) is 1. The van der Waals surface area contributed by atoms with Gasteiger partial charge in [0, 0.05) is 52.0 Å². The summed E-state index contributed by atoms with van der Waals surface area (Å²) in [5.74, 6) is 0.168. The van der Waals surface area contributed by atoms with E-state index in [1.54, 1.807) is 12.0 Å². The fourth-order valence-electron chi connectivity index (χ4n) is 3.28. The third kappa shape index (κ3) is 2.82. The molecule has 7 heteroatoms. The van der Waals surface area contributed by atoms with E-state index in [0.29, 0.717) is 39.0 Å². The second kappa shape index (κ2) is 5.87. The normalized spacial score (nSPS) is 24.9. The van der Waals surface area contributed by atoms with Crippen molar-refractivity contribution in [1.29, 1.82) is 0 Å². The van der Waals surface area contributed by atoms with Crippen molar-refractivity contribution >= 4 is 17.7 Å². The second-order valence-electron chi connectivity index (χ2n) is 6.37. The quantitative estimate of drug-likeness (QED) is 0.752. The van der Waals surface area contributed by atoms with E-state index in [-0.39, 0.29) is 30.2 Å². The molecule has 1 saturated carbocycles. The molecule has 22 heavy (non-hydrogen) atoms. The number of methoxy groups -OCH3 is 1. The van der Waals surface area contributed by atoms with E-state index in [2.05, 4.69) is 5.32 Å². The van der Waals surface area contributed by atoms with Gasteiger partial charge in [-0.3, -0.25) is 14.4 Å². The Morgan fingerprint density at radius 3 is 2.41 bits per heavy atom. The number of piperidine rings is 1. The molecule has 0 aromatic heterocycles. The lowest BCUT2D eigenvalue weighted by atomic mass is 9.89. The number of likely N-dealkylation sites (tertiary alicyclic amines) is 1. The van der Waals surface area contributed by atoms with Gasteiger partial charge in [-0.25, -0.2) is 0 Å². The molecule has 2 saturated heterocycles. The summed E-state index contributed by atoms with van der Waals surface area (Å²) in [6.45, 7) is 2.19. The molecule has 122 valence electrons. The van der Waals surface area contributed by atoms with Crippen LogP contribution in [0.1, 0.15) is 25.7 Å². The Kier molecular flexibility index (Phi) is 4.08. The summed E-state index contributed by atoms with van der Waals surface area (Å²) in [4.78, 5) is 39.8. The van der Waals surface area contributed by atoms with Gasteiger partial charge < -0.3 is 19.9 Å². The Balaban J connectivity index is 1.64. The lowest BCUT2D eigenvalue weighted by Crippen LogP contribution is -2.60. The highest BCUT2D eigenvalue weighted by molar-refractivity contribution is 5.91. The summed E-state index contributed by atoms with van der Waals surface area (Å²) in [7, 11) is 1.54. The standard InChI is InChI=1S/C15H23N3O4/c1-22-15(14(21)18-9-6-16-12(19)10-18)4-7-17(8-5-15)13(20)11-2-3-11/h11H,2-10H2,1H3,(H,16,19). The minimum absolute atomic E-state index is 0.0919. The molecule has 0 aromatic carbocycles. The molecule has 0 bridgehead atoms. The van der Waals surface area contributed by atoms with Gasteiger partial charge in [-0.2, -0.15) is 0 Å². The molecule has 7 nitrogen and oxygen atoms in total. The Bertz CT molecular complexity index is 481. The van der Waals surface area contributed by atoms with Crippen LogP contribution in [0.4, 0.5) is 0 Å². The first-order chi connectivity index (χ1) is 10.6. The van der Waals surface area contributed by atoms with Gasteiger partial charge in [0.15, 0.2) is 0 Å². The number of hydrogen-bond acceptors (Lipinski definition) is 4. The van der Waals surface area contributed by atoms with Crippen molar-refractivity contribution in [3.63, 3.8) is 0 Å². The Hall–Kier alpha value is -1.63. The van der Waals surface area contributed by atoms with Gasteiger partial charge in [0.05, 0.1) is 6.54 Å². The van der Waals surface area contributed by atoms with E-state index in [0.717, 1.165) is 12.8 Å². The second-order valence-corrected chi connectivity index (χ2v) is 6.37. The van der Waals surface area contributed by atoms with Crippen LogP contribution in [0.3, 0.4) is 0 Å². The molecule has 2 heterocycles. The molecular weight excluding hydrogens is 286 g/mol. The van der Waals surface area contributed by atoms with E-state index >= 15 is 0 Å². The number of carbonyl (C=O) groups excluding carboxylic acids is 3. The maximum atomic E-state index is 12.8. The topological polar surface area (TPSA) is 79.0 Å². The van der Waals surface area contributed by atoms with Gasteiger partial charge in [0.1, 0.15) is 5.60 Å². The third-order valence-corrected chi connectivity index (χ3v) is 4.92. The van der Waals surface area contributed by atoms with Gasteiger partial charge in [0.2, 0.25) is 11.8 Å². The molecule has 0 aromatic rings. The van der Waals surface area contributed by atoms with Gasteiger partial charge >= 0.3 is 0 Å². The number of rotatable bonds is 3. The first-order valence-electron chi connectivity index (χ1n) is 7.96. The van der Waals surface area contributed by atoms with Crippen molar-refractivity contribution < 1.29 is 19.1 Å². The Labute approximate surface area is 129 Å². The zero-order valence-electron chi connectivity index (χ0n) is 13.0. The molecule has 3 fully saturated rings. The maximum absolute atomic E-state index is 12.8. The minimum atomic E-state index is -0.891. The molecule has 0 unspecified atom stereocenters. The number of nitrogens with zero attached hydrogens (tertiary/aromatic N) is 2. The first-order valence-corrected chi connectivity index (χ1v) is 7.96. The van der Waals surface area contributed by atoms with E-state index in [9.17, 15) is 14.4 Å². The van der Waals surface area contributed by atoms with Crippen molar-refractivity contribution in [1.82, 2.24) is 15.1 Å². The molecule has 3 amide bonds. The molecule has 3 rings (SSSR count). The lowest BCUT2D eigenvalue weighted by molar-refractivity contribution is -0.165. The predicted molar refractivity (Wildman–Crippen MR) is 77.9 cm³/mol. The summed E-state index contributed by atoms with van der Waals surface area (Å²) in [5.41, 5.74) is -0.891. The molecule has 0 spiro atoms.